The highest BCUT2D eigenvalue weighted by atomic mass is 14.5. The molecule has 0 aliphatic carbocycles. The number of hydrogen-bond acceptors (Lipinski definition) is 2. The Hall–Kier alpha value is -1.75. The number of hydrogen-bond donors (Lipinski definition) is 1. The maximum atomic E-state index is 8.54. The summed E-state index contributed by atoms with van der Waals surface area (Å²) in [4.78, 5) is 0. The van der Waals surface area contributed by atoms with Crippen molar-refractivity contribution < 1.29 is 0 Å². The molecule has 1 aromatic rings. The Morgan fingerprint density at radius 1 is 1.45 bits per heavy atom. The van der Waals surface area contributed by atoms with Crippen LogP contribution in [0.15, 0.2) is 24.8 Å². The van der Waals surface area contributed by atoms with Crippen LogP contribution in [0.1, 0.15) is 11.1 Å². The van der Waals surface area contributed by atoms with E-state index in [9.17, 15) is 0 Å². The molecule has 0 aliphatic rings. The third-order valence-electron chi connectivity index (χ3n) is 1.34. The summed E-state index contributed by atoms with van der Waals surface area (Å²) in [5.74, 6) is 0. The van der Waals surface area contributed by atoms with Crippen molar-refractivity contribution in [1.29, 1.82) is 5.26 Å². The Morgan fingerprint density at radius 3 is 2.73 bits per heavy atom. The van der Waals surface area contributed by atoms with Crippen molar-refractivity contribution >= 4 is 11.8 Å². The second kappa shape index (κ2) is 2.89. The number of nitrogen functional groups attached to an aromatic ring is 1. The van der Waals surface area contributed by atoms with Gasteiger partial charge in [0, 0.05) is 5.69 Å². The number of rotatable bonds is 1. The fourth-order valence-corrected chi connectivity index (χ4v) is 0.859. The molecule has 0 amide bonds. The van der Waals surface area contributed by atoms with Gasteiger partial charge in [0.15, 0.2) is 0 Å². The molecular formula is C9H8N2. The van der Waals surface area contributed by atoms with Crippen LogP contribution in [-0.2, 0) is 0 Å². The van der Waals surface area contributed by atoms with E-state index in [-0.39, 0.29) is 0 Å². The van der Waals surface area contributed by atoms with Crippen LogP contribution in [0, 0.1) is 11.3 Å². The van der Waals surface area contributed by atoms with Gasteiger partial charge in [-0.3, -0.25) is 0 Å². The van der Waals surface area contributed by atoms with E-state index in [1.165, 1.54) is 0 Å². The second-order valence-corrected chi connectivity index (χ2v) is 2.20. The number of nitrogens with zero attached hydrogens (tertiary/aromatic N) is 1. The molecule has 0 spiro atoms. The summed E-state index contributed by atoms with van der Waals surface area (Å²) in [6, 6.07) is 7.16. The minimum absolute atomic E-state index is 0.569. The minimum Gasteiger partial charge on any atom is -0.399 e. The molecule has 1 rings (SSSR count). The molecule has 2 N–H and O–H groups in total. The van der Waals surface area contributed by atoms with Crippen LogP contribution in [0.25, 0.3) is 6.08 Å². The second-order valence-electron chi connectivity index (χ2n) is 2.20. The highest BCUT2D eigenvalue weighted by molar-refractivity contribution is 5.58. The summed E-state index contributed by atoms with van der Waals surface area (Å²) in [5.41, 5.74) is 7.55. The van der Waals surface area contributed by atoms with E-state index >= 15 is 0 Å². The van der Waals surface area contributed by atoms with Gasteiger partial charge in [-0.1, -0.05) is 12.7 Å². The topological polar surface area (TPSA) is 49.8 Å². The van der Waals surface area contributed by atoms with Gasteiger partial charge in [0.25, 0.3) is 0 Å². The molecule has 0 bridgehead atoms. The standard InChI is InChI=1S/C9H8N2/c1-2-7-3-8(6-10)5-9(11)4-7/h2-5H,1,11H2. The Kier molecular flexibility index (Phi) is 1.93. The van der Waals surface area contributed by atoms with Crippen LogP contribution in [0.5, 0.6) is 0 Å². The summed E-state index contributed by atoms with van der Waals surface area (Å²) in [7, 11) is 0. The van der Waals surface area contributed by atoms with E-state index in [1.54, 1.807) is 24.3 Å². The zero-order chi connectivity index (χ0) is 8.27. The predicted molar refractivity (Wildman–Crippen MR) is 45.7 cm³/mol. The van der Waals surface area contributed by atoms with Gasteiger partial charge in [0.1, 0.15) is 0 Å². The number of anilines is 1. The van der Waals surface area contributed by atoms with Gasteiger partial charge in [-0.05, 0) is 23.8 Å². The molecule has 2 heteroatoms. The molecule has 0 unspecified atom stereocenters. The average Bonchev–Trinajstić information content (AvgIpc) is 2.03. The Balaban J connectivity index is 3.25. The SMILES string of the molecule is C=Cc1cc(N)cc(C#N)c1. The van der Waals surface area contributed by atoms with Crippen LogP contribution in [0.4, 0.5) is 5.69 Å². The van der Waals surface area contributed by atoms with E-state index in [0.29, 0.717) is 11.3 Å². The first kappa shape index (κ1) is 7.36. The van der Waals surface area contributed by atoms with Crippen molar-refractivity contribution in [1.82, 2.24) is 0 Å². The highest BCUT2D eigenvalue weighted by Crippen LogP contribution is 2.11. The van der Waals surface area contributed by atoms with Crippen LogP contribution >= 0.6 is 0 Å². The van der Waals surface area contributed by atoms with Gasteiger partial charge in [0.05, 0.1) is 11.6 Å². The van der Waals surface area contributed by atoms with Gasteiger partial charge in [0.2, 0.25) is 0 Å². The molecule has 0 heterocycles. The highest BCUT2D eigenvalue weighted by Gasteiger charge is 1.93. The van der Waals surface area contributed by atoms with Crippen molar-refractivity contribution in [2.24, 2.45) is 0 Å². The largest absolute Gasteiger partial charge is 0.399 e. The van der Waals surface area contributed by atoms with Crippen LogP contribution in [0.3, 0.4) is 0 Å². The smallest absolute Gasteiger partial charge is 0.0992 e. The lowest BCUT2D eigenvalue weighted by molar-refractivity contribution is 1.48. The molecule has 0 saturated carbocycles. The number of benzene rings is 1. The van der Waals surface area contributed by atoms with E-state index in [4.69, 9.17) is 11.0 Å². The molecule has 11 heavy (non-hydrogen) atoms. The molecule has 54 valence electrons. The van der Waals surface area contributed by atoms with E-state index in [1.807, 2.05) is 6.07 Å². The Bertz CT molecular complexity index is 321. The monoisotopic (exact) mass is 144 g/mol. The van der Waals surface area contributed by atoms with E-state index < -0.39 is 0 Å². The first-order valence-corrected chi connectivity index (χ1v) is 3.19. The van der Waals surface area contributed by atoms with Crippen molar-refractivity contribution in [2.45, 2.75) is 0 Å². The summed E-state index contributed by atoms with van der Waals surface area (Å²) < 4.78 is 0. The van der Waals surface area contributed by atoms with E-state index in [0.717, 1.165) is 5.56 Å². The normalized spacial score (nSPS) is 8.64. The molecule has 1 aromatic carbocycles. The fourth-order valence-electron chi connectivity index (χ4n) is 0.859. The van der Waals surface area contributed by atoms with Gasteiger partial charge >= 0.3 is 0 Å². The van der Waals surface area contributed by atoms with Gasteiger partial charge in [-0.2, -0.15) is 5.26 Å². The fraction of sp³-hybridized carbons (Fsp3) is 0. The van der Waals surface area contributed by atoms with Crippen molar-refractivity contribution in [2.75, 3.05) is 5.73 Å². The van der Waals surface area contributed by atoms with Crippen molar-refractivity contribution in [3.8, 4) is 6.07 Å². The third kappa shape index (κ3) is 1.59. The van der Waals surface area contributed by atoms with Crippen LogP contribution in [-0.4, -0.2) is 0 Å². The zero-order valence-corrected chi connectivity index (χ0v) is 6.04. The molecule has 0 atom stereocenters. The lowest BCUT2D eigenvalue weighted by Gasteiger charge is -1.96. The molecule has 0 saturated heterocycles. The quantitative estimate of drug-likeness (QED) is 0.611. The zero-order valence-electron chi connectivity index (χ0n) is 6.04. The summed E-state index contributed by atoms with van der Waals surface area (Å²) in [5, 5.41) is 8.54. The predicted octanol–water partition coefficient (Wildman–Crippen LogP) is 1.78. The van der Waals surface area contributed by atoms with Gasteiger partial charge in [-0.25, -0.2) is 0 Å². The maximum absolute atomic E-state index is 8.54. The van der Waals surface area contributed by atoms with Gasteiger partial charge in [-0.15, -0.1) is 0 Å². The number of nitriles is 1. The maximum Gasteiger partial charge on any atom is 0.0992 e. The molecule has 0 radical (unpaired) electrons. The number of nitrogens with two attached hydrogens (primary N) is 1. The minimum atomic E-state index is 0.569. The molecule has 0 fully saturated rings. The van der Waals surface area contributed by atoms with Crippen molar-refractivity contribution in [3.63, 3.8) is 0 Å². The molecule has 0 aromatic heterocycles. The molecule has 2 nitrogen and oxygen atoms in total. The third-order valence-corrected chi connectivity index (χ3v) is 1.34. The summed E-state index contributed by atoms with van der Waals surface area (Å²) in [6.07, 6.45) is 1.66. The Labute approximate surface area is 65.6 Å². The van der Waals surface area contributed by atoms with Crippen LogP contribution < -0.4 is 5.73 Å². The van der Waals surface area contributed by atoms with Crippen LogP contribution in [0.2, 0.25) is 0 Å². The molecule has 0 aliphatic heterocycles. The average molecular weight is 144 g/mol. The summed E-state index contributed by atoms with van der Waals surface area (Å²) >= 11 is 0. The lowest BCUT2D eigenvalue weighted by Crippen LogP contribution is -1.87. The van der Waals surface area contributed by atoms with E-state index in [2.05, 4.69) is 6.58 Å². The van der Waals surface area contributed by atoms with Gasteiger partial charge < -0.3 is 5.73 Å². The first-order chi connectivity index (χ1) is 5.26. The van der Waals surface area contributed by atoms with Crippen molar-refractivity contribution in [3.05, 3.63) is 35.9 Å². The lowest BCUT2D eigenvalue weighted by atomic mass is 10.1. The first-order valence-electron chi connectivity index (χ1n) is 3.19. The molecular weight excluding hydrogens is 136 g/mol. The summed E-state index contributed by atoms with van der Waals surface area (Å²) in [6.45, 7) is 3.58. The Morgan fingerprint density at radius 2 is 2.18 bits per heavy atom.